The first-order valence-corrected chi connectivity index (χ1v) is 17.9. The van der Waals surface area contributed by atoms with Crippen molar-refractivity contribution in [2.45, 2.75) is 52.4 Å². The van der Waals surface area contributed by atoms with Crippen LogP contribution in [0.4, 0.5) is 0 Å². The van der Waals surface area contributed by atoms with Crippen LogP contribution in [0, 0.1) is 26.0 Å². The summed E-state index contributed by atoms with van der Waals surface area (Å²) in [4.78, 5) is 5.50. The summed E-state index contributed by atoms with van der Waals surface area (Å²) in [6, 6.07) is 40.1. The zero-order chi connectivity index (χ0) is 31.6. The Bertz CT molecular complexity index is 1900. The monoisotopic (exact) mass is 790 g/mol. The van der Waals surface area contributed by atoms with Gasteiger partial charge < -0.3 is 24.8 Å². The molecule has 4 aromatic carbocycles. The van der Waals surface area contributed by atoms with Gasteiger partial charge in [-0.05, 0) is 83.0 Å². The Morgan fingerprint density at radius 1 is 0.510 bits per heavy atom. The van der Waals surface area contributed by atoms with Crippen molar-refractivity contribution >= 4 is 34.8 Å². The third kappa shape index (κ3) is 8.25. The molecule has 0 radical (unpaired) electrons. The minimum Gasteiger partial charge on any atom is -1.00 e. The second-order valence-corrected chi connectivity index (χ2v) is 14.7. The quantitative estimate of drug-likeness (QED) is 0.169. The predicted molar refractivity (Wildman–Crippen MR) is 200 cm³/mol. The number of hydrogen-bond acceptors (Lipinski definition) is 2. The molecule has 2 unspecified atom stereocenters. The van der Waals surface area contributed by atoms with E-state index in [9.17, 15) is 0 Å². The van der Waals surface area contributed by atoms with Gasteiger partial charge in [-0.25, -0.2) is 12.2 Å². The predicted octanol–water partition coefficient (Wildman–Crippen LogP) is 6.50. The standard InChI is InChI=1S/2C22H19S.2ClH.Zr/c2*1-3-16-8-10-17(11-9-16)18-5-4-6-19-20(18)12-13-21(19)22-14-7-15(2)23-22;;;/h2*4-12,14,21H,3H2,1-2H3;2*1H;/q2*-1;;;+4/p-2. The first kappa shape index (κ1) is 39.0. The van der Waals surface area contributed by atoms with Gasteiger partial charge in [-0.3, -0.25) is 12.2 Å². The van der Waals surface area contributed by atoms with Crippen LogP contribution < -0.4 is 24.8 Å². The summed E-state index contributed by atoms with van der Waals surface area (Å²) in [5.74, 6) is 0.581. The van der Waals surface area contributed by atoms with Gasteiger partial charge in [0.1, 0.15) is 0 Å². The molecule has 0 saturated heterocycles. The average Bonchev–Trinajstić information content (AvgIpc) is 3.91. The minimum absolute atomic E-state index is 0. The number of aryl methyl sites for hydroxylation is 4. The Hall–Kier alpha value is -2.78. The third-order valence-electron chi connectivity index (χ3n) is 9.13. The SMILES string of the molecule is CCc1ccc(-c2cccc3c2C=[C-]C3c2ccc(C)s2)cc1.CCc1ccc(-c2cccc3c2C=[C-]C3c2ccc(C)s2)cc1.[Cl-].[Cl-].[Zr+4]. The zero-order valence-electron chi connectivity index (χ0n) is 28.2. The van der Waals surface area contributed by atoms with Gasteiger partial charge in [-0.1, -0.05) is 122 Å². The fourth-order valence-corrected chi connectivity index (χ4v) is 8.45. The summed E-state index contributed by atoms with van der Waals surface area (Å²) in [5, 5.41) is 0. The molecule has 0 amide bonds. The van der Waals surface area contributed by atoms with E-state index in [0.29, 0.717) is 11.8 Å². The van der Waals surface area contributed by atoms with E-state index >= 15 is 0 Å². The van der Waals surface area contributed by atoms with Gasteiger partial charge in [0.2, 0.25) is 0 Å². The molecule has 5 heteroatoms. The minimum atomic E-state index is 0. The van der Waals surface area contributed by atoms with E-state index in [4.69, 9.17) is 0 Å². The van der Waals surface area contributed by atoms with Gasteiger partial charge in [0.05, 0.1) is 0 Å². The molecule has 2 aliphatic carbocycles. The molecular formula is C44H38Cl2S2Zr. The Kier molecular flexibility index (Phi) is 13.9. The first-order valence-electron chi connectivity index (χ1n) is 16.3. The van der Waals surface area contributed by atoms with Crippen molar-refractivity contribution in [1.29, 1.82) is 0 Å². The number of rotatable bonds is 6. The molecule has 2 aromatic heterocycles. The smallest absolute Gasteiger partial charge is 1.00 e. The number of thiophene rings is 2. The fraction of sp³-hybridized carbons (Fsp3) is 0.182. The van der Waals surface area contributed by atoms with Crippen LogP contribution in [0.1, 0.15) is 78.6 Å². The molecule has 2 aliphatic rings. The molecule has 0 bridgehead atoms. The van der Waals surface area contributed by atoms with E-state index in [2.05, 4.69) is 161 Å². The molecule has 244 valence electrons. The second-order valence-electron chi connectivity index (χ2n) is 12.1. The number of hydrogen-bond donors (Lipinski definition) is 0. The second kappa shape index (κ2) is 17.4. The number of benzene rings is 4. The van der Waals surface area contributed by atoms with E-state index in [1.807, 2.05) is 22.7 Å². The molecule has 0 spiro atoms. The molecule has 2 heterocycles. The summed E-state index contributed by atoms with van der Waals surface area (Å²) in [7, 11) is 0. The normalized spacial score (nSPS) is 14.9. The molecule has 8 rings (SSSR count). The Morgan fingerprint density at radius 3 is 1.22 bits per heavy atom. The average molecular weight is 793 g/mol. The van der Waals surface area contributed by atoms with Crippen LogP contribution in [-0.4, -0.2) is 0 Å². The van der Waals surface area contributed by atoms with E-state index in [1.54, 1.807) is 0 Å². The molecule has 6 aromatic rings. The van der Waals surface area contributed by atoms with Crippen LogP contribution in [0.25, 0.3) is 34.4 Å². The molecule has 2 atom stereocenters. The van der Waals surface area contributed by atoms with E-state index in [1.165, 1.54) is 75.1 Å². The van der Waals surface area contributed by atoms with Gasteiger partial charge in [0, 0.05) is 9.75 Å². The summed E-state index contributed by atoms with van der Waals surface area (Å²) in [6.07, 6.45) is 13.7. The molecule has 49 heavy (non-hydrogen) atoms. The number of fused-ring (bicyclic) bond motifs is 2. The van der Waals surface area contributed by atoms with Gasteiger partial charge in [-0.2, -0.15) is 11.1 Å². The van der Waals surface area contributed by atoms with Crippen molar-refractivity contribution < 1.29 is 51.0 Å². The maximum Gasteiger partial charge on any atom is 4.00 e. The van der Waals surface area contributed by atoms with E-state index in [0.717, 1.165) is 12.8 Å². The summed E-state index contributed by atoms with van der Waals surface area (Å²) < 4.78 is 0. The van der Waals surface area contributed by atoms with Crippen molar-refractivity contribution in [3.63, 3.8) is 0 Å². The Morgan fingerprint density at radius 2 is 0.898 bits per heavy atom. The van der Waals surface area contributed by atoms with Crippen LogP contribution in [0.2, 0.25) is 0 Å². The summed E-state index contributed by atoms with van der Waals surface area (Å²) >= 11 is 3.75. The molecule has 0 aliphatic heterocycles. The maximum absolute atomic E-state index is 3.57. The van der Waals surface area contributed by atoms with Crippen molar-refractivity contribution in [3.8, 4) is 22.3 Å². The van der Waals surface area contributed by atoms with Gasteiger partial charge >= 0.3 is 26.2 Å². The first-order chi connectivity index (χ1) is 22.5. The van der Waals surface area contributed by atoms with Gasteiger partial charge in [-0.15, -0.1) is 33.8 Å². The fourth-order valence-electron chi connectivity index (χ4n) is 6.54. The van der Waals surface area contributed by atoms with Crippen molar-refractivity contribution in [2.75, 3.05) is 0 Å². The molecule has 0 N–H and O–H groups in total. The Labute approximate surface area is 332 Å². The van der Waals surface area contributed by atoms with Crippen LogP contribution in [0.3, 0.4) is 0 Å². The summed E-state index contributed by atoms with van der Waals surface area (Å²) in [6.45, 7) is 8.72. The molecule has 0 saturated carbocycles. The largest absolute Gasteiger partial charge is 4.00 e. The summed E-state index contributed by atoms with van der Waals surface area (Å²) in [5.41, 5.74) is 13.4. The van der Waals surface area contributed by atoms with Crippen LogP contribution in [0.5, 0.6) is 0 Å². The topological polar surface area (TPSA) is 0 Å². The zero-order valence-corrected chi connectivity index (χ0v) is 33.8. The number of allylic oxidation sites excluding steroid dienone is 2. The van der Waals surface area contributed by atoms with Crippen LogP contribution >= 0.6 is 22.7 Å². The van der Waals surface area contributed by atoms with Crippen LogP contribution in [0.15, 0.2) is 109 Å². The molecule has 0 fully saturated rings. The van der Waals surface area contributed by atoms with Crippen molar-refractivity contribution in [1.82, 2.24) is 0 Å². The Balaban J connectivity index is 0.000000208. The van der Waals surface area contributed by atoms with E-state index < -0.39 is 0 Å². The third-order valence-corrected chi connectivity index (χ3v) is 11.3. The molecular weight excluding hydrogens is 755 g/mol. The van der Waals surface area contributed by atoms with E-state index in [-0.39, 0.29) is 51.0 Å². The molecule has 0 nitrogen and oxygen atoms in total. The van der Waals surface area contributed by atoms with Crippen molar-refractivity contribution in [2.24, 2.45) is 0 Å². The van der Waals surface area contributed by atoms with Gasteiger partial charge in [0.25, 0.3) is 0 Å². The van der Waals surface area contributed by atoms with Crippen molar-refractivity contribution in [3.05, 3.63) is 174 Å². The maximum atomic E-state index is 3.57. The number of halogens is 2. The van der Waals surface area contributed by atoms with Crippen LogP contribution in [-0.2, 0) is 39.0 Å². The van der Waals surface area contributed by atoms with Gasteiger partial charge in [0.15, 0.2) is 0 Å².